The third kappa shape index (κ3) is 16.0. The fourth-order valence-electron chi connectivity index (χ4n) is 2.94. The van der Waals surface area contributed by atoms with Crippen molar-refractivity contribution in [2.24, 2.45) is 11.7 Å². The van der Waals surface area contributed by atoms with E-state index in [2.05, 4.69) is 13.8 Å². The average Bonchev–Trinajstić information content (AvgIpc) is 2.45. The Hall–Kier alpha value is -0.0400. The molecule has 1 nitrogen and oxygen atoms in total. The van der Waals surface area contributed by atoms with E-state index in [1.807, 2.05) is 0 Å². The molecule has 1 heteroatoms. The summed E-state index contributed by atoms with van der Waals surface area (Å²) in [5.74, 6) is 0.932. The number of hydrogen-bond acceptors (Lipinski definition) is 1. The van der Waals surface area contributed by atoms with Crippen LogP contribution in [0.25, 0.3) is 0 Å². The van der Waals surface area contributed by atoms with Crippen LogP contribution in [-0.4, -0.2) is 6.54 Å². The van der Waals surface area contributed by atoms with E-state index in [1.54, 1.807) is 0 Å². The molecule has 0 aromatic carbocycles. The van der Waals surface area contributed by atoms with Gasteiger partial charge in [-0.25, -0.2) is 0 Å². The molecule has 0 saturated heterocycles. The predicted octanol–water partition coefficient (Wildman–Crippen LogP) is 6.45. The van der Waals surface area contributed by atoms with E-state index in [-0.39, 0.29) is 0 Å². The first kappa shape index (κ1) is 20.0. The van der Waals surface area contributed by atoms with Crippen LogP contribution in [0.3, 0.4) is 0 Å². The summed E-state index contributed by atoms with van der Waals surface area (Å²) in [5, 5.41) is 0. The van der Waals surface area contributed by atoms with E-state index >= 15 is 0 Å². The van der Waals surface area contributed by atoms with Crippen LogP contribution >= 0.6 is 0 Å². The molecule has 0 aromatic heterocycles. The fourth-order valence-corrected chi connectivity index (χ4v) is 2.94. The minimum Gasteiger partial charge on any atom is -0.330 e. The summed E-state index contributed by atoms with van der Waals surface area (Å²) >= 11 is 0. The van der Waals surface area contributed by atoms with E-state index in [9.17, 15) is 0 Å². The monoisotopic (exact) mass is 283 g/mol. The van der Waals surface area contributed by atoms with Gasteiger partial charge >= 0.3 is 0 Å². The van der Waals surface area contributed by atoms with Gasteiger partial charge < -0.3 is 5.73 Å². The second-order valence-electron chi connectivity index (χ2n) is 6.71. The van der Waals surface area contributed by atoms with Crippen LogP contribution < -0.4 is 5.73 Å². The second kappa shape index (κ2) is 17.0. The normalized spacial score (nSPS) is 12.8. The summed E-state index contributed by atoms with van der Waals surface area (Å²) in [6.45, 7) is 5.59. The molecule has 0 radical (unpaired) electrons. The van der Waals surface area contributed by atoms with E-state index < -0.39 is 0 Å². The van der Waals surface area contributed by atoms with Crippen molar-refractivity contribution in [1.29, 1.82) is 0 Å². The van der Waals surface area contributed by atoms with Crippen LogP contribution in [0.4, 0.5) is 0 Å². The molecule has 1 unspecified atom stereocenters. The number of rotatable bonds is 16. The maximum Gasteiger partial charge on any atom is -0.00773 e. The Morgan fingerprint density at radius 3 is 1.45 bits per heavy atom. The molecule has 0 saturated carbocycles. The largest absolute Gasteiger partial charge is 0.330 e. The van der Waals surface area contributed by atoms with Crippen molar-refractivity contribution >= 4 is 0 Å². The Kier molecular flexibility index (Phi) is 17.0. The highest BCUT2D eigenvalue weighted by Gasteiger charge is 2.01. The Morgan fingerprint density at radius 1 is 0.600 bits per heavy atom. The quantitative estimate of drug-likeness (QED) is 0.323. The molecule has 0 aliphatic carbocycles. The van der Waals surface area contributed by atoms with Crippen LogP contribution in [-0.2, 0) is 0 Å². The first-order chi connectivity index (χ1) is 9.81. The third-order valence-electron chi connectivity index (χ3n) is 4.45. The van der Waals surface area contributed by atoms with Crippen molar-refractivity contribution < 1.29 is 0 Å². The minimum atomic E-state index is 0.868. The Balaban J connectivity index is 3.07. The molecule has 0 bridgehead atoms. The van der Waals surface area contributed by atoms with Gasteiger partial charge in [-0.3, -0.25) is 0 Å². The Morgan fingerprint density at radius 2 is 1.00 bits per heavy atom. The summed E-state index contributed by atoms with van der Waals surface area (Å²) in [7, 11) is 0. The maximum atomic E-state index is 5.52. The first-order valence-electron chi connectivity index (χ1n) is 9.51. The van der Waals surface area contributed by atoms with Gasteiger partial charge in [-0.2, -0.15) is 0 Å². The first-order valence-corrected chi connectivity index (χ1v) is 9.51. The lowest BCUT2D eigenvalue weighted by Gasteiger charge is -2.10. The van der Waals surface area contributed by atoms with Crippen molar-refractivity contribution in [3.63, 3.8) is 0 Å². The molecule has 20 heavy (non-hydrogen) atoms. The Labute approximate surface area is 129 Å². The van der Waals surface area contributed by atoms with Crippen LogP contribution in [0.15, 0.2) is 0 Å². The Bertz CT molecular complexity index is 167. The van der Waals surface area contributed by atoms with Crippen LogP contribution in [0, 0.1) is 5.92 Å². The highest BCUT2D eigenvalue weighted by atomic mass is 14.5. The standard InChI is InChI=1S/C19H41N/c1-3-4-5-6-7-8-9-10-11-13-16-19(2)17-14-12-15-18-20/h19H,3-18,20H2,1-2H3. The molecule has 0 rings (SSSR count). The molecule has 1 atom stereocenters. The third-order valence-corrected chi connectivity index (χ3v) is 4.45. The van der Waals surface area contributed by atoms with Crippen molar-refractivity contribution in [2.75, 3.05) is 6.54 Å². The maximum absolute atomic E-state index is 5.52. The van der Waals surface area contributed by atoms with Gasteiger partial charge in [-0.15, -0.1) is 0 Å². The molecule has 0 spiro atoms. The van der Waals surface area contributed by atoms with Gasteiger partial charge in [0.1, 0.15) is 0 Å². The summed E-state index contributed by atoms with van der Waals surface area (Å²) in [6.07, 6.45) is 21.3. The van der Waals surface area contributed by atoms with E-state index in [0.29, 0.717) is 0 Å². The zero-order valence-corrected chi connectivity index (χ0v) is 14.5. The van der Waals surface area contributed by atoms with Gasteiger partial charge in [0.25, 0.3) is 0 Å². The minimum absolute atomic E-state index is 0.868. The smallest absolute Gasteiger partial charge is 0.00773 e. The van der Waals surface area contributed by atoms with Crippen LogP contribution in [0.2, 0.25) is 0 Å². The summed E-state index contributed by atoms with van der Waals surface area (Å²) in [6, 6.07) is 0. The zero-order valence-electron chi connectivity index (χ0n) is 14.5. The molecular formula is C19H41N. The lowest BCUT2D eigenvalue weighted by molar-refractivity contribution is 0.434. The molecule has 0 aromatic rings. The lowest BCUT2D eigenvalue weighted by atomic mass is 9.96. The number of unbranched alkanes of at least 4 members (excludes halogenated alkanes) is 11. The second-order valence-corrected chi connectivity index (χ2v) is 6.71. The highest BCUT2D eigenvalue weighted by Crippen LogP contribution is 2.17. The van der Waals surface area contributed by atoms with Crippen molar-refractivity contribution in [2.45, 2.75) is 110 Å². The molecule has 0 fully saturated rings. The van der Waals surface area contributed by atoms with Gasteiger partial charge in [0.15, 0.2) is 0 Å². The topological polar surface area (TPSA) is 26.0 Å². The van der Waals surface area contributed by atoms with Crippen molar-refractivity contribution in [3.8, 4) is 0 Å². The molecule has 0 aliphatic heterocycles. The van der Waals surface area contributed by atoms with Gasteiger partial charge in [-0.1, -0.05) is 104 Å². The van der Waals surface area contributed by atoms with E-state index in [0.717, 1.165) is 12.5 Å². The summed E-state index contributed by atoms with van der Waals surface area (Å²) in [5.41, 5.74) is 5.52. The summed E-state index contributed by atoms with van der Waals surface area (Å²) < 4.78 is 0. The fraction of sp³-hybridized carbons (Fsp3) is 1.00. The van der Waals surface area contributed by atoms with Gasteiger partial charge in [-0.05, 0) is 18.9 Å². The molecule has 122 valence electrons. The number of nitrogens with two attached hydrogens (primary N) is 1. The molecule has 0 aliphatic rings. The van der Waals surface area contributed by atoms with E-state index in [4.69, 9.17) is 5.73 Å². The molecule has 0 heterocycles. The van der Waals surface area contributed by atoms with Gasteiger partial charge in [0.05, 0.1) is 0 Å². The lowest BCUT2D eigenvalue weighted by Crippen LogP contribution is -1.99. The van der Waals surface area contributed by atoms with Gasteiger partial charge in [0.2, 0.25) is 0 Å². The van der Waals surface area contributed by atoms with Crippen molar-refractivity contribution in [1.82, 2.24) is 0 Å². The SMILES string of the molecule is CCCCCCCCCCCCC(C)CCCCCN. The molecular weight excluding hydrogens is 242 g/mol. The summed E-state index contributed by atoms with van der Waals surface area (Å²) in [4.78, 5) is 0. The van der Waals surface area contributed by atoms with Crippen LogP contribution in [0.1, 0.15) is 110 Å². The average molecular weight is 284 g/mol. The van der Waals surface area contributed by atoms with E-state index in [1.165, 1.54) is 96.3 Å². The van der Waals surface area contributed by atoms with Crippen molar-refractivity contribution in [3.05, 3.63) is 0 Å². The predicted molar refractivity (Wildman–Crippen MR) is 93.1 cm³/mol. The van der Waals surface area contributed by atoms with Crippen LogP contribution in [0.5, 0.6) is 0 Å². The number of hydrogen-bond donors (Lipinski definition) is 1. The highest BCUT2D eigenvalue weighted by molar-refractivity contribution is 4.55. The molecule has 0 amide bonds. The van der Waals surface area contributed by atoms with Gasteiger partial charge in [0, 0.05) is 0 Å². The zero-order chi connectivity index (χ0) is 14.9. The molecule has 2 N–H and O–H groups in total.